The normalized spacial score (nSPS) is 12.3. The molecule has 1 N–H and O–H groups in total. The quantitative estimate of drug-likeness (QED) is 0.683. The molecule has 0 heterocycles. The molecule has 0 radical (unpaired) electrons. The maximum Gasteiger partial charge on any atom is 0.242 e. The molecule has 162 valence electrons. The molecule has 2 aromatic rings. The highest BCUT2D eigenvalue weighted by atomic mass is 16.2. The fraction of sp³-hybridized carbons (Fsp3) is 0.462. The van der Waals surface area contributed by atoms with Crippen LogP contribution in [0.1, 0.15) is 63.3 Å². The molecule has 2 rings (SSSR count). The van der Waals surface area contributed by atoms with Gasteiger partial charge in [0.25, 0.3) is 0 Å². The Hall–Kier alpha value is -2.62. The summed E-state index contributed by atoms with van der Waals surface area (Å²) in [6.45, 7) is 13.3. The Kier molecular flexibility index (Phi) is 8.22. The Balaban J connectivity index is 2.11. The van der Waals surface area contributed by atoms with E-state index in [1.54, 1.807) is 11.8 Å². The summed E-state index contributed by atoms with van der Waals surface area (Å²) in [6, 6.07) is 16.1. The van der Waals surface area contributed by atoms with Crippen molar-refractivity contribution in [3.8, 4) is 0 Å². The van der Waals surface area contributed by atoms with Gasteiger partial charge in [0, 0.05) is 19.5 Å². The number of aryl methyl sites for hydroxylation is 2. The Morgan fingerprint density at radius 3 is 2.07 bits per heavy atom. The third-order valence-electron chi connectivity index (χ3n) is 5.44. The minimum Gasteiger partial charge on any atom is -0.355 e. The number of carbonyl (C=O) groups excluding carboxylic acids is 2. The highest BCUT2D eigenvalue weighted by Crippen LogP contribution is 2.22. The molecule has 2 aromatic carbocycles. The molecule has 30 heavy (non-hydrogen) atoms. The summed E-state index contributed by atoms with van der Waals surface area (Å²) in [4.78, 5) is 27.2. The third-order valence-corrected chi connectivity index (χ3v) is 5.44. The summed E-state index contributed by atoms with van der Waals surface area (Å²) in [5.41, 5.74) is 4.73. The molecule has 0 saturated carbocycles. The summed E-state index contributed by atoms with van der Waals surface area (Å²) in [7, 11) is 0. The number of benzene rings is 2. The van der Waals surface area contributed by atoms with Gasteiger partial charge in [0.2, 0.25) is 11.8 Å². The van der Waals surface area contributed by atoms with Crippen LogP contribution in [0.15, 0.2) is 48.5 Å². The molecule has 0 aromatic heterocycles. The van der Waals surface area contributed by atoms with E-state index in [1.165, 1.54) is 11.1 Å². The first-order valence-electron chi connectivity index (χ1n) is 10.8. The van der Waals surface area contributed by atoms with Gasteiger partial charge in [-0.15, -0.1) is 0 Å². The van der Waals surface area contributed by atoms with E-state index in [1.807, 2.05) is 38.1 Å². The number of amides is 2. The maximum absolute atomic E-state index is 13.1. The fourth-order valence-corrected chi connectivity index (χ4v) is 3.36. The van der Waals surface area contributed by atoms with Gasteiger partial charge in [0.15, 0.2) is 0 Å². The van der Waals surface area contributed by atoms with Crippen molar-refractivity contribution in [2.75, 3.05) is 6.54 Å². The predicted octanol–water partition coefficient (Wildman–Crippen LogP) is 4.78. The van der Waals surface area contributed by atoms with Crippen molar-refractivity contribution < 1.29 is 9.59 Å². The van der Waals surface area contributed by atoms with E-state index in [0.717, 1.165) is 11.1 Å². The van der Waals surface area contributed by atoms with Gasteiger partial charge in [0.1, 0.15) is 6.04 Å². The highest BCUT2D eigenvalue weighted by Gasteiger charge is 2.25. The second kappa shape index (κ2) is 10.4. The monoisotopic (exact) mass is 408 g/mol. The van der Waals surface area contributed by atoms with Crippen LogP contribution in [0.5, 0.6) is 0 Å². The van der Waals surface area contributed by atoms with Crippen LogP contribution in [0, 0.1) is 6.92 Å². The first-order valence-corrected chi connectivity index (χ1v) is 10.8. The number of nitrogens with one attached hydrogen (secondary N) is 1. The number of rotatable bonds is 8. The number of likely N-dealkylation sites (N-methyl/N-ethyl adjacent to an activating group) is 1. The smallest absolute Gasteiger partial charge is 0.242 e. The van der Waals surface area contributed by atoms with Crippen LogP contribution in [0.25, 0.3) is 0 Å². The van der Waals surface area contributed by atoms with Gasteiger partial charge in [0.05, 0.1) is 0 Å². The molecule has 0 aliphatic heterocycles. The minimum atomic E-state index is -0.512. The van der Waals surface area contributed by atoms with Crippen LogP contribution in [0.4, 0.5) is 0 Å². The zero-order valence-corrected chi connectivity index (χ0v) is 19.3. The minimum absolute atomic E-state index is 0.00535. The number of carbonyl (C=O) groups is 2. The molecular weight excluding hydrogens is 372 g/mol. The molecule has 0 aliphatic rings. The zero-order chi connectivity index (χ0) is 22.3. The number of hydrogen-bond acceptors (Lipinski definition) is 2. The van der Waals surface area contributed by atoms with Gasteiger partial charge < -0.3 is 10.2 Å². The largest absolute Gasteiger partial charge is 0.355 e. The lowest BCUT2D eigenvalue weighted by Crippen LogP contribution is -2.47. The van der Waals surface area contributed by atoms with Crippen molar-refractivity contribution in [3.63, 3.8) is 0 Å². The van der Waals surface area contributed by atoms with Crippen molar-refractivity contribution in [1.29, 1.82) is 0 Å². The summed E-state index contributed by atoms with van der Waals surface area (Å²) in [5, 5.41) is 2.84. The van der Waals surface area contributed by atoms with Gasteiger partial charge in [-0.05, 0) is 49.3 Å². The topological polar surface area (TPSA) is 49.4 Å². The molecule has 4 heteroatoms. The molecule has 0 aliphatic carbocycles. The molecule has 0 saturated heterocycles. The Morgan fingerprint density at radius 2 is 1.53 bits per heavy atom. The van der Waals surface area contributed by atoms with Gasteiger partial charge in [-0.1, -0.05) is 74.9 Å². The van der Waals surface area contributed by atoms with Crippen molar-refractivity contribution >= 4 is 11.8 Å². The second-order valence-electron chi connectivity index (χ2n) is 9.02. The Bertz CT molecular complexity index is 833. The SMILES string of the molecule is CCNC(=O)C(C)N(Cc1ccc(C)cc1)C(=O)CCc1ccc(C(C)(C)C)cc1. The van der Waals surface area contributed by atoms with Crippen molar-refractivity contribution in [2.24, 2.45) is 0 Å². The lowest BCUT2D eigenvalue weighted by molar-refractivity contribution is -0.140. The Morgan fingerprint density at radius 1 is 0.967 bits per heavy atom. The van der Waals surface area contributed by atoms with Crippen LogP contribution in [-0.2, 0) is 28.0 Å². The van der Waals surface area contributed by atoms with E-state index in [9.17, 15) is 9.59 Å². The summed E-state index contributed by atoms with van der Waals surface area (Å²) >= 11 is 0. The summed E-state index contributed by atoms with van der Waals surface area (Å²) < 4.78 is 0. The maximum atomic E-state index is 13.1. The molecule has 0 fully saturated rings. The van der Waals surface area contributed by atoms with Gasteiger partial charge in [-0.2, -0.15) is 0 Å². The molecule has 0 spiro atoms. The third kappa shape index (κ3) is 6.72. The van der Waals surface area contributed by atoms with E-state index in [-0.39, 0.29) is 17.2 Å². The van der Waals surface area contributed by atoms with Crippen molar-refractivity contribution in [2.45, 2.75) is 72.4 Å². The summed E-state index contributed by atoms with van der Waals surface area (Å²) in [5.74, 6) is -0.123. The molecule has 1 unspecified atom stereocenters. The number of nitrogens with zero attached hydrogens (tertiary/aromatic N) is 1. The van der Waals surface area contributed by atoms with Gasteiger partial charge in [-0.3, -0.25) is 9.59 Å². The van der Waals surface area contributed by atoms with Gasteiger partial charge >= 0.3 is 0 Å². The lowest BCUT2D eigenvalue weighted by atomic mass is 9.86. The van der Waals surface area contributed by atoms with E-state index >= 15 is 0 Å². The zero-order valence-electron chi connectivity index (χ0n) is 19.3. The predicted molar refractivity (Wildman–Crippen MR) is 123 cm³/mol. The van der Waals surface area contributed by atoms with E-state index in [0.29, 0.717) is 25.9 Å². The first kappa shape index (κ1) is 23.7. The van der Waals surface area contributed by atoms with Crippen LogP contribution in [0.2, 0.25) is 0 Å². The van der Waals surface area contributed by atoms with Crippen LogP contribution >= 0.6 is 0 Å². The van der Waals surface area contributed by atoms with E-state index in [4.69, 9.17) is 0 Å². The molecule has 0 bridgehead atoms. The average Bonchev–Trinajstić information content (AvgIpc) is 2.71. The van der Waals surface area contributed by atoms with E-state index < -0.39 is 6.04 Å². The Labute approximate surface area is 181 Å². The van der Waals surface area contributed by atoms with Gasteiger partial charge in [-0.25, -0.2) is 0 Å². The molecule has 1 atom stereocenters. The molecular formula is C26H36N2O2. The summed E-state index contributed by atoms with van der Waals surface area (Å²) in [6.07, 6.45) is 1.04. The van der Waals surface area contributed by atoms with Crippen LogP contribution in [-0.4, -0.2) is 29.3 Å². The number of hydrogen-bond donors (Lipinski definition) is 1. The molecule has 4 nitrogen and oxygen atoms in total. The first-order chi connectivity index (χ1) is 14.1. The van der Waals surface area contributed by atoms with Crippen LogP contribution in [0.3, 0.4) is 0 Å². The van der Waals surface area contributed by atoms with E-state index in [2.05, 4.69) is 50.4 Å². The highest BCUT2D eigenvalue weighted by molar-refractivity contribution is 5.87. The van der Waals surface area contributed by atoms with Crippen LogP contribution < -0.4 is 5.32 Å². The standard InChI is InChI=1S/C26H36N2O2/c1-7-27-25(30)20(3)28(18-22-10-8-19(2)9-11-22)24(29)17-14-21-12-15-23(16-13-21)26(4,5)6/h8-13,15-16,20H,7,14,17-18H2,1-6H3,(H,27,30). The van der Waals surface area contributed by atoms with Crippen molar-refractivity contribution in [3.05, 3.63) is 70.8 Å². The fourth-order valence-electron chi connectivity index (χ4n) is 3.36. The molecule has 2 amide bonds. The average molecular weight is 409 g/mol. The lowest BCUT2D eigenvalue weighted by Gasteiger charge is -2.29. The second-order valence-corrected chi connectivity index (χ2v) is 9.02. The van der Waals surface area contributed by atoms with Crippen molar-refractivity contribution in [1.82, 2.24) is 10.2 Å².